The summed E-state index contributed by atoms with van der Waals surface area (Å²) in [6.45, 7) is 3.75. The van der Waals surface area contributed by atoms with Crippen molar-refractivity contribution < 1.29 is 17.9 Å². The fourth-order valence-electron chi connectivity index (χ4n) is 3.74. The van der Waals surface area contributed by atoms with Crippen LogP contribution in [0.1, 0.15) is 33.8 Å². The van der Waals surface area contributed by atoms with E-state index in [1.54, 1.807) is 44.4 Å². The molecule has 0 saturated carbocycles. The molecule has 1 N–H and O–H groups in total. The third kappa shape index (κ3) is 4.64. The van der Waals surface area contributed by atoms with Gasteiger partial charge in [-0.2, -0.15) is 0 Å². The molecule has 34 heavy (non-hydrogen) atoms. The number of amides is 1. The molecule has 1 aromatic heterocycles. The molecule has 1 heterocycles. The second-order valence-electron chi connectivity index (χ2n) is 8.04. The highest BCUT2D eigenvalue weighted by atomic mass is 32.2. The van der Waals surface area contributed by atoms with Crippen molar-refractivity contribution in [3.8, 4) is 5.75 Å². The molecule has 0 unspecified atom stereocenters. The van der Waals surface area contributed by atoms with Gasteiger partial charge in [-0.15, -0.1) is 11.3 Å². The smallest absolute Gasteiger partial charge is 0.264 e. The molecule has 4 rings (SSSR count). The van der Waals surface area contributed by atoms with Gasteiger partial charge in [-0.05, 0) is 72.8 Å². The minimum Gasteiger partial charge on any atom is -0.496 e. The molecule has 0 fully saturated rings. The zero-order chi connectivity index (χ0) is 24.5. The third-order valence-corrected chi connectivity index (χ3v) is 8.66. The number of rotatable bonds is 7. The molecule has 1 amide bonds. The second kappa shape index (κ2) is 9.48. The molecule has 6 nitrogen and oxygen atoms in total. The van der Waals surface area contributed by atoms with Gasteiger partial charge in [0.25, 0.3) is 15.9 Å². The Kier molecular flexibility index (Phi) is 6.63. The molecule has 4 aromatic rings. The zero-order valence-electron chi connectivity index (χ0n) is 19.4. The number of carbonyl (C=O) groups excluding carboxylic acids is 1. The molecule has 176 valence electrons. The van der Waals surface area contributed by atoms with Crippen LogP contribution < -0.4 is 14.4 Å². The highest BCUT2D eigenvalue weighted by Gasteiger charge is 2.23. The number of methoxy groups -OCH3 is 1. The fraction of sp³-hybridized carbons (Fsp3) is 0.192. The normalized spacial score (nSPS) is 12.4. The van der Waals surface area contributed by atoms with Crippen molar-refractivity contribution in [2.45, 2.75) is 24.8 Å². The summed E-state index contributed by atoms with van der Waals surface area (Å²) in [4.78, 5) is 13.6. The zero-order valence-corrected chi connectivity index (χ0v) is 21.0. The van der Waals surface area contributed by atoms with Gasteiger partial charge in [0.1, 0.15) is 5.75 Å². The Morgan fingerprint density at radius 2 is 1.76 bits per heavy atom. The monoisotopic (exact) mass is 494 g/mol. The molecule has 0 spiro atoms. The summed E-state index contributed by atoms with van der Waals surface area (Å²) < 4.78 is 33.8. The summed E-state index contributed by atoms with van der Waals surface area (Å²) in [5.41, 5.74) is 2.29. The lowest BCUT2D eigenvalue weighted by molar-refractivity contribution is 0.0944. The predicted molar refractivity (Wildman–Crippen MR) is 137 cm³/mol. The number of anilines is 1. The van der Waals surface area contributed by atoms with Crippen molar-refractivity contribution in [2.75, 3.05) is 18.5 Å². The highest BCUT2D eigenvalue weighted by Crippen LogP contribution is 2.32. The minimum atomic E-state index is -3.76. The Morgan fingerprint density at radius 3 is 2.44 bits per heavy atom. The van der Waals surface area contributed by atoms with E-state index >= 15 is 0 Å². The van der Waals surface area contributed by atoms with Gasteiger partial charge in [0.15, 0.2) is 0 Å². The van der Waals surface area contributed by atoms with Gasteiger partial charge in [0.2, 0.25) is 0 Å². The number of nitrogens with one attached hydrogen (secondary N) is 1. The Morgan fingerprint density at radius 1 is 1.03 bits per heavy atom. The van der Waals surface area contributed by atoms with Crippen molar-refractivity contribution in [1.82, 2.24) is 5.32 Å². The summed E-state index contributed by atoms with van der Waals surface area (Å²) in [5.74, 6) is 0.475. The Hall–Kier alpha value is -3.36. The molecule has 8 heteroatoms. The molecule has 1 atom stereocenters. The van der Waals surface area contributed by atoms with Crippen LogP contribution in [0.5, 0.6) is 5.75 Å². The van der Waals surface area contributed by atoms with E-state index in [0.29, 0.717) is 16.3 Å². The molecule has 0 aliphatic rings. The van der Waals surface area contributed by atoms with Crippen LogP contribution in [-0.4, -0.2) is 28.5 Å². The van der Waals surface area contributed by atoms with Gasteiger partial charge in [0.05, 0.1) is 28.6 Å². The van der Waals surface area contributed by atoms with Gasteiger partial charge >= 0.3 is 0 Å². The number of sulfonamides is 1. The second-order valence-corrected chi connectivity index (χ2v) is 11.1. The molecule has 0 bridgehead atoms. The van der Waals surface area contributed by atoms with Crippen LogP contribution in [0.25, 0.3) is 10.1 Å². The number of hydrogen-bond acceptors (Lipinski definition) is 5. The summed E-state index contributed by atoms with van der Waals surface area (Å²) in [6, 6.07) is 21.6. The summed E-state index contributed by atoms with van der Waals surface area (Å²) in [5, 5.41) is 3.84. The average Bonchev–Trinajstić information content (AvgIpc) is 3.27. The van der Waals surface area contributed by atoms with Crippen molar-refractivity contribution in [1.29, 1.82) is 0 Å². The SMILES string of the molecule is COc1ccc(S(=O)(=O)N(C)c2ccc3sc(C(=O)N[C@@H](C)c4ccccc4)cc3c2)cc1C. The summed E-state index contributed by atoms with van der Waals surface area (Å²) in [7, 11) is -0.686. The van der Waals surface area contributed by atoms with Gasteiger partial charge in [-0.1, -0.05) is 30.3 Å². The van der Waals surface area contributed by atoms with Crippen LogP contribution in [0.15, 0.2) is 77.7 Å². The average molecular weight is 495 g/mol. The Bertz CT molecular complexity index is 1450. The first-order chi connectivity index (χ1) is 16.2. The molecular formula is C26H26N2O4S2. The minimum absolute atomic E-state index is 0.126. The largest absolute Gasteiger partial charge is 0.496 e. The lowest BCUT2D eigenvalue weighted by Gasteiger charge is -2.20. The maximum Gasteiger partial charge on any atom is 0.264 e. The van der Waals surface area contributed by atoms with E-state index in [4.69, 9.17) is 4.74 Å². The Balaban J connectivity index is 1.58. The maximum absolute atomic E-state index is 13.2. The van der Waals surface area contributed by atoms with Crippen LogP contribution in [0.4, 0.5) is 5.69 Å². The van der Waals surface area contributed by atoms with E-state index in [1.165, 1.54) is 28.8 Å². The number of thiophene rings is 1. The van der Waals surface area contributed by atoms with Crippen LogP contribution >= 0.6 is 11.3 Å². The Labute approximate surface area is 203 Å². The summed E-state index contributed by atoms with van der Waals surface area (Å²) >= 11 is 1.38. The molecular weight excluding hydrogens is 468 g/mol. The van der Waals surface area contributed by atoms with Gasteiger partial charge in [-0.3, -0.25) is 9.10 Å². The molecule has 0 aliphatic carbocycles. The number of hydrogen-bond donors (Lipinski definition) is 1. The first-order valence-corrected chi connectivity index (χ1v) is 13.0. The third-order valence-electron chi connectivity index (χ3n) is 5.76. The number of nitrogens with zero attached hydrogens (tertiary/aromatic N) is 1. The van der Waals surface area contributed by atoms with Crippen molar-refractivity contribution >= 4 is 43.0 Å². The van der Waals surface area contributed by atoms with Gasteiger partial charge in [-0.25, -0.2) is 8.42 Å². The molecule has 0 radical (unpaired) electrons. The van der Waals surface area contributed by atoms with E-state index in [1.807, 2.05) is 43.3 Å². The van der Waals surface area contributed by atoms with Gasteiger partial charge in [0, 0.05) is 11.7 Å². The van der Waals surface area contributed by atoms with Crippen molar-refractivity contribution in [2.24, 2.45) is 0 Å². The molecule has 0 aliphatic heterocycles. The number of aryl methyl sites for hydroxylation is 1. The van der Waals surface area contributed by atoms with E-state index in [9.17, 15) is 13.2 Å². The highest BCUT2D eigenvalue weighted by molar-refractivity contribution is 7.92. The molecule has 3 aromatic carbocycles. The fourth-order valence-corrected chi connectivity index (χ4v) is 5.96. The first kappa shape index (κ1) is 23.8. The van der Waals surface area contributed by atoms with Gasteiger partial charge < -0.3 is 10.1 Å². The van der Waals surface area contributed by atoms with Crippen LogP contribution in [-0.2, 0) is 10.0 Å². The standard InChI is InChI=1S/C26H26N2O4S2/c1-17-14-22(11-12-23(17)32-4)34(30,31)28(3)21-10-13-24-20(15-21)16-25(33-24)26(29)27-18(2)19-8-6-5-7-9-19/h5-16,18H,1-4H3,(H,27,29)/t18-/m0/s1. The van der Waals surface area contributed by atoms with Crippen molar-refractivity contribution in [3.63, 3.8) is 0 Å². The van der Waals surface area contributed by atoms with E-state index in [-0.39, 0.29) is 16.8 Å². The van der Waals surface area contributed by atoms with Crippen LogP contribution in [0.2, 0.25) is 0 Å². The van der Waals surface area contributed by atoms with Crippen LogP contribution in [0.3, 0.4) is 0 Å². The summed E-state index contributed by atoms with van der Waals surface area (Å²) in [6.07, 6.45) is 0. The topological polar surface area (TPSA) is 75.7 Å². The van der Waals surface area contributed by atoms with Crippen LogP contribution in [0, 0.1) is 6.92 Å². The first-order valence-electron chi connectivity index (χ1n) is 10.7. The predicted octanol–water partition coefficient (Wildman–Crippen LogP) is 5.53. The quantitative estimate of drug-likeness (QED) is 0.366. The van der Waals surface area contributed by atoms with E-state index < -0.39 is 10.0 Å². The number of carbonyl (C=O) groups is 1. The van der Waals surface area contributed by atoms with Crippen molar-refractivity contribution in [3.05, 3.63) is 88.8 Å². The van der Waals surface area contributed by atoms with E-state index in [0.717, 1.165) is 21.2 Å². The number of ether oxygens (including phenoxy) is 1. The molecule has 0 saturated heterocycles. The maximum atomic E-state index is 13.2. The van der Waals surface area contributed by atoms with E-state index in [2.05, 4.69) is 5.32 Å². The number of benzene rings is 3. The lowest BCUT2D eigenvalue weighted by Crippen LogP contribution is -2.26. The number of fused-ring (bicyclic) bond motifs is 1. The lowest BCUT2D eigenvalue weighted by atomic mass is 10.1.